The van der Waals surface area contributed by atoms with Crippen LogP contribution in [0.5, 0.6) is 0 Å². The number of hydrogen-bond donors (Lipinski definition) is 0. The van der Waals surface area contributed by atoms with Gasteiger partial charge in [0.05, 0.1) is 0 Å². The fourth-order valence-corrected chi connectivity index (χ4v) is 1.97. The summed E-state index contributed by atoms with van der Waals surface area (Å²) >= 11 is 0. The smallest absolute Gasteiger partial charge is 0.0254 e. The van der Waals surface area contributed by atoms with E-state index in [0.29, 0.717) is 0 Å². The molecule has 0 rings (SSSR count). The maximum atomic E-state index is 3.70. The zero-order valence-electron chi connectivity index (χ0n) is 10.6. The van der Waals surface area contributed by atoms with Gasteiger partial charge in [-0.2, -0.15) is 0 Å². The van der Waals surface area contributed by atoms with Crippen LogP contribution in [0.4, 0.5) is 0 Å². The van der Waals surface area contributed by atoms with Crippen LogP contribution >= 0.6 is 0 Å². The third kappa shape index (κ3) is 7.18. The topological polar surface area (TPSA) is 0 Å². The van der Waals surface area contributed by atoms with Crippen molar-refractivity contribution < 1.29 is 0 Å². The molecular formula is C15H26. The molecule has 0 saturated carbocycles. The molecule has 0 heteroatoms. The Morgan fingerprint density at radius 3 is 2.20 bits per heavy atom. The van der Waals surface area contributed by atoms with E-state index < -0.39 is 0 Å². The largest absolute Gasteiger partial charge is 0.0991 e. The van der Waals surface area contributed by atoms with Crippen molar-refractivity contribution in [3.05, 3.63) is 36.5 Å². The van der Waals surface area contributed by atoms with Crippen molar-refractivity contribution in [3.63, 3.8) is 0 Å². The van der Waals surface area contributed by atoms with Gasteiger partial charge in [0.2, 0.25) is 0 Å². The maximum absolute atomic E-state index is 3.70. The lowest BCUT2D eigenvalue weighted by Gasteiger charge is -2.15. The Hall–Kier alpha value is -0.780. The van der Waals surface area contributed by atoms with E-state index in [9.17, 15) is 0 Å². The van der Waals surface area contributed by atoms with Gasteiger partial charge in [0.15, 0.2) is 0 Å². The first-order chi connectivity index (χ1) is 7.28. The third-order valence-corrected chi connectivity index (χ3v) is 2.74. The normalized spacial score (nSPS) is 12.7. The van der Waals surface area contributed by atoms with Crippen molar-refractivity contribution in [3.8, 4) is 0 Å². The first kappa shape index (κ1) is 14.2. The monoisotopic (exact) mass is 206 g/mol. The number of rotatable bonds is 8. The first-order valence-electron chi connectivity index (χ1n) is 6.22. The van der Waals surface area contributed by atoms with Crippen LogP contribution in [0.1, 0.15) is 52.9 Å². The molecule has 0 radical (unpaired) electrons. The second kappa shape index (κ2) is 9.76. The van der Waals surface area contributed by atoms with E-state index >= 15 is 0 Å². The van der Waals surface area contributed by atoms with Crippen LogP contribution in [0, 0.1) is 5.92 Å². The van der Waals surface area contributed by atoms with Crippen molar-refractivity contribution in [2.75, 3.05) is 0 Å². The van der Waals surface area contributed by atoms with Crippen molar-refractivity contribution >= 4 is 0 Å². The first-order valence-corrected chi connectivity index (χ1v) is 6.22. The molecule has 0 aromatic rings. The average molecular weight is 206 g/mol. The molecule has 0 bridgehead atoms. The molecule has 0 spiro atoms. The van der Waals surface area contributed by atoms with E-state index in [1.807, 2.05) is 12.2 Å². The summed E-state index contributed by atoms with van der Waals surface area (Å²) in [6.07, 6.45) is 14.8. The van der Waals surface area contributed by atoms with Crippen molar-refractivity contribution in [1.82, 2.24) is 0 Å². The van der Waals surface area contributed by atoms with Crippen LogP contribution < -0.4 is 0 Å². The number of allylic oxidation sites excluding steroid dienone is 5. The van der Waals surface area contributed by atoms with Crippen LogP contribution in [-0.2, 0) is 0 Å². The highest BCUT2D eigenvalue weighted by Gasteiger charge is 2.07. The fourth-order valence-electron chi connectivity index (χ4n) is 1.97. The SMILES string of the molecule is C=C/C=C\C(=C/C)CC(CCC)CCC. The van der Waals surface area contributed by atoms with Crippen molar-refractivity contribution in [1.29, 1.82) is 0 Å². The Kier molecular flexibility index (Phi) is 9.26. The zero-order valence-corrected chi connectivity index (χ0v) is 10.6. The van der Waals surface area contributed by atoms with Crippen LogP contribution in [0.3, 0.4) is 0 Å². The highest BCUT2D eigenvalue weighted by Crippen LogP contribution is 2.22. The third-order valence-electron chi connectivity index (χ3n) is 2.74. The Morgan fingerprint density at radius 1 is 1.20 bits per heavy atom. The van der Waals surface area contributed by atoms with E-state index in [1.54, 1.807) is 0 Å². The summed E-state index contributed by atoms with van der Waals surface area (Å²) < 4.78 is 0. The highest BCUT2D eigenvalue weighted by molar-refractivity contribution is 5.21. The van der Waals surface area contributed by atoms with Gasteiger partial charge < -0.3 is 0 Å². The van der Waals surface area contributed by atoms with E-state index in [1.165, 1.54) is 37.7 Å². The molecule has 0 amide bonds. The molecule has 0 unspecified atom stereocenters. The van der Waals surface area contributed by atoms with Crippen molar-refractivity contribution in [2.45, 2.75) is 52.9 Å². The summed E-state index contributed by atoms with van der Waals surface area (Å²) in [4.78, 5) is 0. The lowest BCUT2D eigenvalue weighted by atomic mass is 9.91. The van der Waals surface area contributed by atoms with Crippen LogP contribution in [0.15, 0.2) is 36.5 Å². The fraction of sp³-hybridized carbons (Fsp3) is 0.600. The van der Waals surface area contributed by atoms with Crippen LogP contribution in [-0.4, -0.2) is 0 Å². The van der Waals surface area contributed by atoms with Crippen LogP contribution in [0.2, 0.25) is 0 Å². The Bertz CT molecular complexity index is 202. The van der Waals surface area contributed by atoms with Gasteiger partial charge in [-0.15, -0.1) is 0 Å². The minimum atomic E-state index is 0.862. The predicted molar refractivity (Wildman–Crippen MR) is 71.0 cm³/mol. The summed E-state index contributed by atoms with van der Waals surface area (Å²) in [5.41, 5.74) is 1.45. The van der Waals surface area contributed by atoms with E-state index in [0.717, 1.165) is 5.92 Å². The van der Waals surface area contributed by atoms with Crippen molar-refractivity contribution in [2.24, 2.45) is 5.92 Å². The summed E-state index contributed by atoms with van der Waals surface area (Å²) in [6, 6.07) is 0. The van der Waals surface area contributed by atoms with E-state index in [2.05, 4.69) is 39.5 Å². The Balaban J connectivity index is 4.21. The molecule has 86 valence electrons. The average Bonchev–Trinajstić information content (AvgIpc) is 2.24. The highest BCUT2D eigenvalue weighted by atomic mass is 14.1. The van der Waals surface area contributed by atoms with Gasteiger partial charge in [-0.1, -0.05) is 76.0 Å². The van der Waals surface area contributed by atoms with Gasteiger partial charge in [0.1, 0.15) is 0 Å². The minimum Gasteiger partial charge on any atom is -0.0991 e. The molecule has 0 aromatic carbocycles. The Labute approximate surface area is 95.8 Å². The molecular weight excluding hydrogens is 180 g/mol. The van der Waals surface area contributed by atoms with Gasteiger partial charge in [-0.05, 0) is 19.3 Å². The molecule has 0 N–H and O–H groups in total. The summed E-state index contributed by atoms with van der Waals surface area (Å²) in [7, 11) is 0. The molecule has 0 nitrogen and oxygen atoms in total. The standard InChI is InChI=1S/C15H26/c1-5-9-12-14(8-4)13-15(10-6-2)11-7-3/h5,8-9,12,15H,1,6-7,10-11,13H2,2-4H3/b12-9-,14-8+. The summed E-state index contributed by atoms with van der Waals surface area (Å²) in [5, 5.41) is 0. The van der Waals surface area contributed by atoms with Gasteiger partial charge in [0.25, 0.3) is 0 Å². The lowest BCUT2D eigenvalue weighted by Crippen LogP contribution is -2.00. The van der Waals surface area contributed by atoms with Gasteiger partial charge in [-0.25, -0.2) is 0 Å². The van der Waals surface area contributed by atoms with Gasteiger partial charge in [-0.3, -0.25) is 0 Å². The molecule has 0 aliphatic heterocycles. The quantitative estimate of drug-likeness (QED) is 0.474. The number of hydrogen-bond acceptors (Lipinski definition) is 0. The minimum absolute atomic E-state index is 0.862. The Morgan fingerprint density at radius 2 is 1.80 bits per heavy atom. The molecule has 0 saturated heterocycles. The van der Waals surface area contributed by atoms with E-state index in [4.69, 9.17) is 0 Å². The van der Waals surface area contributed by atoms with Crippen LogP contribution in [0.25, 0.3) is 0 Å². The second-order valence-corrected chi connectivity index (χ2v) is 4.11. The summed E-state index contributed by atoms with van der Waals surface area (Å²) in [5.74, 6) is 0.862. The predicted octanol–water partition coefficient (Wildman–Crippen LogP) is 5.28. The lowest BCUT2D eigenvalue weighted by molar-refractivity contribution is 0.439. The molecule has 0 aromatic heterocycles. The zero-order chi connectivity index (χ0) is 11.5. The van der Waals surface area contributed by atoms with E-state index in [-0.39, 0.29) is 0 Å². The summed E-state index contributed by atoms with van der Waals surface area (Å²) in [6.45, 7) is 10.4. The molecule has 15 heavy (non-hydrogen) atoms. The molecule has 0 fully saturated rings. The molecule has 0 atom stereocenters. The molecule has 0 aliphatic rings. The van der Waals surface area contributed by atoms with Gasteiger partial charge >= 0.3 is 0 Å². The molecule has 0 heterocycles. The molecule has 0 aliphatic carbocycles. The maximum Gasteiger partial charge on any atom is -0.0254 e. The van der Waals surface area contributed by atoms with Gasteiger partial charge in [0, 0.05) is 0 Å². The second-order valence-electron chi connectivity index (χ2n) is 4.11.